The first-order chi connectivity index (χ1) is 10.2. The molecule has 0 N–H and O–H groups in total. The van der Waals surface area contributed by atoms with Gasteiger partial charge in [-0.2, -0.15) is 0 Å². The van der Waals surface area contributed by atoms with Crippen molar-refractivity contribution in [3.8, 4) is 17.4 Å². The van der Waals surface area contributed by atoms with Crippen LogP contribution in [0, 0.1) is 5.82 Å². The van der Waals surface area contributed by atoms with Crippen LogP contribution in [0.2, 0.25) is 0 Å². The van der Waals surface area contributed by atoms with Crippen LogP contribution in [0.5, 0.6) is 17.4 Å². The molecule has 21 heavy (non-hydrogen) atoms. The number of hydrogen-bond donors (Lipinski definition) is 0. The number of carbonyl (C=O) groups is 1. The summed E-state index contributed by atoms with van der Waals surface area (Å²) in [6.45, 7) is 0. The van der Waals surface area contributed by atoms with E-state index in [0.717, 1.165) is 6.08 Å². The zero-order valence-electron chi connectivity index (χ0n) is 11.2. The fourth-order valence-corrected chi connectivity index (χ4v) is 1.44. The predicted octanol–water partition coefficient (Wildman–Crippen LogP) is 3.08. The second-order valence-electron chi connectivity index (χ2n) is 3.83. The summed E-state index contributed by atoms with van der Waals surface area (Å²) < 4.78 is 28.2. The summed E-state index contributed by atoms with van der Waals surface area (Å²) in [5, 5.41) is 0. The molecule has 2 aromatic rings. The zero-order valence-corrected chi connectivity index (χ0v) is 11.2. The Morgan fingerprint density at radius 2 is 2.14 bits per heavy atom. The minimum Gasteiger partial charge on any atom is -0.504 e. The highest BCUT2D eigenvalue weighted by Crippen LogP contribution is 2.29. The molecule has 0 amide bonds. The van der Waals surface area contributed by atoms with Crippen LogP contribution in [0.3, 0.4) is 0 Å². The van der Waals surface area contributed by atoms with Gasteiger partial charge in [0, 0.05) is 12.3 Å². The lowest BCUT2D eigenvalue weighted by Crippen LogP contribution is -2.05. The molecule has 0 spiro atoms. The number of esters is 1. The van der Waals surface area contributed by atoms with E-state index < -0.39 is 11.8 Å². The molecular formula is C15H12FNO4. The number of ether oxygens (including phenoxy) is 3. The van der Waals surface area contributed by atoms with E-state index in [4.69, 9.17) is 9.47 Å². The van der Waals surface area contributed by atoms with Crippen LogP contribution in [0.15, 0.2) is 54.9 Å². The summed E-state index contributed by atoms with van der Waals surface area (Å²) in [5.41, 5.74) is 0. The van der Waals surface area contributed by atoms with Crippen LogP contribution in [-0.2, 0) is 9.53 Å². The van der Waals surface area contributed by atoms with Crippen LogP contribution in [0.1, 0.15) is 0 Å². The van der Waals surface area contributed by atoms with Crippen molar-refractivity contribution < 1.29 is 23.4 Å². The van der Waals surface area contributed by atoms with Gasteiger partial charge < -0.3 is 14.2 Å². The highest BCUT2D eigenvalue weighted by molar-refractivity contribution is 5.84. The van der Waals surface area contributed by atoms with E-state index in [-0.39, 0.29) is 17.4 Å². The summed E-state index contributed by atoms with van der Waals surface area (Å²) in [6, 6.07) is 8.66. The fourth-order valence-electron chi connectivity index (χ4n) is 1.44. The third-order valence-corrected chi connectivity index (χ3v) is 2.30. The normalized spacial score (nSPS) is 10.4. The highest BCUT2D eigenvalue weighted by atomic mass is 19.1. The smallest absolute Gasteiger partial charge is 0.339 e. The molecule has 6 heteroatoms. The number of carbonyl (C=O) groups excluding carboxylic acids is 1. The molecule has 0 fully saturated rings. The van der Waals surface area contributed by atoms with E-state index in [2.05, 4.69) is 9.72 Å². The molecule has 1 aromatic heterocycles. The van der Waals surface area contributed by atoms with E-state index in [0.29, 0.717) is 0 Å². The maximum Gasteiger partial charge on any atom is 0.339 e. The summed E-state index contributed by atoms with van der Waals surface area (Å²) in [7, 11) is 1.41. The molecule has 0 saturated heterocycles. The van der Waals surface area contributed by atoms with Gasteiger partial charge in [0.05, 0.1) is 19.4 Å². The number of halogens is 1. The lowest BCUT2D eigenvalue weighted by Gasteiger charge is -2.09. The molecule has 0 saturated carbocycles. The van der Waals surface area contributed by atoms with Gasteiger partial charge in [0.15, 0.2) is 5.75 Å². The number of aromatic nitrogens is 1. The molecule has 0 aliphatic heterocycles. The Labute approximate surface area is 120 Å². The SMILES string of the molecule is COC=CC(=O)Oc1cccnc1Oc1cccc(F)c1. The number of benzene rings is 1. The lowest BCUT2D eigenvalue weighted by molar-refractivity contribution is -0.129. The predicted molar refractivity (Wildman–Crippen MR) is 72.5 cm³/mol. The molecule has 108 valence electrons. The van der Waals surface area contributed by atoms with Crippen molar-refractivity contribution >= 4 is 5.97 Å². The Hall–Kier alpha value is -2.89. The minimum absolute atomic E-state index is 0.0577. The van der Waals surface area contributed by atoms with Gasteiger partial charge in [0.2, 0.25) is 0 Å². The number of methoxy groups -OCH3 is 1. The first-order valence-electron chi connectivity index (χ1n) is 5.98. The van der Waals surface area contributed by atoms with Gasteiger partial charge in [-0.15, -0.1) is 0 Å². The molecule has 5 nitrogen and oxygen atoms in total. The van der Waals surface area contributed by atoms with Gasteiger partial charge >= 0.3 is 5.97 Å². The first kappa shape index (κ1) is 14.5. The topological polar surface area (TPSA) is 57.7 Å². The molecule has 0 atom stereocenters. The number of rotatable bonds is 5. The third-order valence-electron chi connectivity index (χ3n) is 2.30. The second kappa shape index (κ2) is 7.04. The molecule has 1 aromatic carbocycles. The highest BCUT2D eigenvalue weighted by Gasteiger charge is 2.11. The quantitative estimate of drug-likeness (QED) is 0.481. The maximum absolute atomic E-state index is 13.1. The van der Waals surface area contributed by atoms with Gasteiger partial charge in [-0.05, 0) is 24.3 Å². The third kappa shape index (κ3) is 4.31. The first-order valence-corrected chi connectivity index (χ1v) is 5.98. The Bertz CT molecular complexity index is 658. The van der Waals surface area contributed by atoms with Crippen LogP contribution < -0.4 is 9.47 Å². The van der Waals surface area contributed by atoms with Crippen LogP contribution in [0.25, 0.3) is 0 Å². The van der Waals surface area contributed by atoms with Crippen molar-refractivity contribution in [3.05, 3.63) is 60.8 Å². The molecular weight excluding hydrogens is 277 g/mol. The van der Waals surface area contributed by atoms with Crippen molar-refractivity contribution in [2.45, 2.75) is 0 Å². The van der Waals surface area contributed by atoms with Crippen molar-refractivity contribution in [1.29, 1.82) is 0 Å². The largest absolute Gasteiger partial charge is 0.504 e. The Morgan fingerprint density at radius 1 is 1.29 bits per heavy atom. The zero-order chi connectivity index (χ0) is 15.1. The van der Waals surface area contributed by atoms with Gasteiger partial charge in [-0.25, -0.2) is 14.2 Å². The number of nitrogens with zero attached hydrogens (tertiary/aromatic N) is 1. The van der Waals surface area contributed by atoms with Gasteiger partial charge in [0.1, 0.15) is 11.6 Å². The molecule has 2 rings (SSSR count). The van der Waals surface area contributed by atoms with E-state index in [1.807, 2.05) is 0 Å². The average molecular weight is 289 g/mol. The van der Waals surface area contributed by atoms with Crippen molar-refractivity contribution in [2.75, 3.05) is 7.11 Å². The van der Waals surface area contributed by atoms with Crippen LogP contribution >= 0.6 is 0 Å². The molecule has 0 radical (unpaired) electrons. The fraction of sp³-hybridized carbons (Fsp3) is 0.0667. The van der Waals surface area contributed by atoms with Crippen molar-refractivity contribution in [2.24, 2.45) is 0 Å². The van der Waals surface area contributed by atoms with Crippen LogP contribution in [0.4, 0.5) is 4.39 Å². The van der Waals surface area contributed by atoms with E-state index in [9.17, 15) is 9.18 Å². The minimum atomic E-state index is -0.644. The van der Waals surface area contributed by atoms with Crippen molar-refractivity contribution in [3.63, 3.8) is 0 Å². The molecule has 0 unspecified atom stereocenters. The monoisotopic (exact) mass is 289 g/mol. The summed E-state index contributed by atoms with van der Waals surface area (Å²) in [5.74, 6) is -0.660. The Balaban J connectivity index is 2.17. The molecule has 1 heterocycles. The average Bonchev–Trinajstić information content (AvgIpc) is 2.47. The van der Waals surface area contributed by atoms with E-state index in [1.165, 1.54) is 43.8 Å². The van der Waals surface area contributed by atoms with Gasteiger partial charge in [-0.1, -0.05) is 6.07 Å². The summed E-state index contributed by atoms with van der Waals surface area (Å²) in [4.78, 5) is 15.5. The van der Waals surface area contributed by atoms with Gasteiger partial charge in [-0.3, -0.25) is 0 Å². The lowest BCUT2D eigenvalue weighted by atomic mass is 10.3. The van der Waals surface area contributed by atoms with Gasteiger partial charge in [0.25, 0.3) is 5.88 Å². The summed E-state index contributed by atoms with van der Waals surface area (Å²) in [6.07, 6.45) is 3.77. The second-order valence-corrected chi connectivity index (χ2v) is 3.83. The van der Waals surface area contributed by atoms with Crippen molar-refractivity contribution in [1.82, 2.24) is 4.98 Å². The van der Waals surface area contributed by atoms with E-state index >= 15 is 0 Å². The summed E-state index contributed by atoms with van der Waals surface area (Å²) >= 11 is 0. The Morgan fingerprint density at radius 3 is 2.90 bits per heavy atom. The standard InChI is InChI=1S/C15H12FNO4/c1-19-9-7-14(18)21-13-6-3-8-17-15(13)20-12-5-2-4-11(16)10-12/h2-10H,1H3. The van der Waals surface area contributed by atoms with E-state index in [1.54, 1.807) is 12.1 Å². The maximum atomic E-state index is 13.1. The molecule has 0 bridgehead atoms. The number of pyridine rings is 1. The molecule has 0 aliphatic carbocycles. The van der Waals surface area contributed by atoms with Crippen LogP contribution in [-0.4, -0.2) is 18.1 Å². The number of hydrogen-bond acceptors (Lipinski definition) is 5. The Kier molecular flexibility index (Phi) is 4.87. The molecule has 0 aliphatic rings.